The van der Waals surface area contributed by atoms with Crippen molar-refractivity contribution in [2.45, 2.75) is 32.6 Å². The zero-order chi connectivity index (χ0) is 20.5. The van der Waals surface area contributed by atoms with E-state index in [1.807, 2.05) is 47.0 Å². The monoisotopic (exact) mass is 410 g/mol. The fourth-order valence-electron chi connectivity index (χ4n) is 3.49. The summed E-state index contributed by atoms with van der Waals surface area (Å²) in [5.41, 5.74) is 3.09. The molecular formula is C24H30N2O2S. The molecule has 0 bridgehead atoms. The van der Waals surface area contributed by atoms with Gasteiger partial charge in [-0.3, -0.25) is 9.59 Å². The van der Waals surface area contributed by atoms with E-state index in [4.69, 9.17) is 0 Å². The molecule has 29 heavy (non-hydrogen) atoms. The van der Waals surface area contributed by atoms with Crippen LogP contribution >= 0.6 is 11.8 Å². The quantitative estimate of drug-likeness (QED) is 0.702. The Bertz CT molecular complexity index is 786. The van der Waals surface area contributed by atoms with E-state index in [0.29, 0.717) is 18.8 Å². The summed E-state index contributed by atoms with van der Waals surface area (Å²) in [6.07, 6.45) is 2.93. The first kappa shape index (κ1) is 21.4. The second-order valence-corrected chi connectivity index (χ2v) is 8.97. The Hall–Kier alpha value is -2.27. The van der Waals surface area contributed by atoms with E-state index in [1.54, 1.807) is 0 Å². The molecule has 3 rings (SSSR count). The molecule has 1 heterocycles. The van der Waals surface area contributed by atoms with Crippen LogP contribution in [0.15, 0.2) is 54.6 Å². The minimum Gasteiger partial charge on any atom is -0.341 e. The molecule has 0 aliphatic carbocycles. The lowest BCUT2D eigenvalue weighted by Gasteiger charge is -2.26. The van der Waals surface area contributed by atoms with Crippen LogP contribution in [0.2, 0.25) is 0 Å². The summed E-state index contributed by atoms with van der Waals surface area (Å²) in [7, 11) is 0. The molecule has 0 radical (unpaired) electrons. The molecule has 2 aromatic carbocycles. The molecule has 1 fully saturated rings. The van der Waals surface area contributed by atoms with Gasteiger partial charge < -0.3 is 10.2 Å². The van der Waals surface area contributed by atoms with E-state index in [2.05, 4.69) is 36.5 Å². The average Bonchev–Trinajstić information content (AvgIpc) is 2.75. The van der Waals surface area contributed by atoms with Gasteiger partial charge in [-0.05, 0) is 42.0 Å². The van der Waals surface area contributed by atoms with Gasteiger partial charge in [-0.25, -0.2) is 0 Å². The van der Waals surface area contributed by atoms with Gasteiger partial charge in [0.15, 0.2) is 0 Å². The number of nitrogens with zero attached hydrogens (tertiary/aromatic N) is 1. The van der Waals surface area contributed by atoms with Crippen molar-refractivity contribution in [3.63, 3.8) is 0 Å². The lowest BCUT2D eigenvalue weighted by atomic mass is 9.98. The Morgan fingerprint density at radius 2 is 1.69 bits per heavy atom. The Morgan fingerprint density at radius 1 is 1.00 bits per heavy atom. The second-order valence-electron chi connectivity index (χ2n) is 7.75. The number of hydrogen-bond donors (Lipinski definition) is 1. The van der Waals surface area contributed by atoms with Crippen LogP contribution in [-0.4, -0.2) is 41.3 Å². The number of anilines is 1. The van der Waals surface area contributed by atoms with Gasteiger partial charge >= 0.3 is 0 Å². The van der Waals surface area contributed by atoms with Crippen LogP contribution < -0.4 is 5.32 Å². The minimum absolute atomic E-state index is 0.0419. The number of amides is 2. The third-order valence-corrected chi connectivity index (χ3v) is 6.20. The van der Waals surface area contributed by atoms with Crippen LogP contribution in [-0.2, 0) is 22.4 Å². The third-order valence-electron chi connectivity index (χ3n) is 5.26. The van der Waals surface area contributed by atoms with Gasteiger partial charge in [-0.15, -0.1) is 0 Å². The molecule has 1 N–H and O–H groups in total. The van der Waals surface area contributed by atoms with Gasteiger partial charge in [0.25, 0.3) is 0 Å². The number of benzene rings is 2. The number of carbonyl (C=O) groups excluding carboxylic acids is 2. The highest BCUT2D eigenvalue weighted by atomic mass is 32.2. The lowest BCUT2D eigenvalue weighted by Crippen LogP contribution is -2.38. The number of rotatable bonds is 8. The Labute approximate surface area is 178 Å². The molecule has 4 nitrogen and oxygen atoms in total. The highest BCUT2D eigenvalue weighted by molar-refractivity contribution is 7.99. The van der Waals surface area contributed by atoms with Gasteiger partial charge in [0, 0.05) is 36.7 Å². The second kappa shape index (κ2) is 11.1. The SMILES string of the molecule is CC(CCc1ccccc1)CC(=O)Nc1ccc(CC(=O)N2CCSCC2)cc1. The molecule has 2 aromatic rings. The first-order valence-electron chi connectivity index (χ1n) is 10.4. The predicted octanol–water partition coefficient (Wildman–Crippen LogP) is 4.40. The van der Waals surface area contributed by atoms with Crippen LogP contribution in [0.3, 0.4) is 0 Å². The molecule has 1 saturated heterocycles. The number of nitrogens with one attached hydrogen (secondary N) is 1. The molecule has 5 heteroatoms. The summed E-state index contributed by atoms with van der Waals surface area (Å²) < 4.78 is 0. The average molecular weight is 411 g/mol. The minimum atomic E-state index is 0.0419. The van der Waals surface area contributed by atoms with Crippen molar-refractivity contribution in [1.29, 1.82) is 0 Å². The van der Waals surface area contributed by atoms with E-state index in [9.17, 15) is 9.59 Å². The van der Waals surface area contributed by atoms with E-state index >= 15 is 0 Å². The van der Waals surface area contributed by atoms with Crippen LogP contribution in [0.25, 0.3) is 0 Å². The molecule has 1 aliphatic heterocycles. The van der Waals surface area contributed by atoms with E-state index in [0.717, 1.165) is 48.7 Å². The standard InChI is InChI=1S/C24H30N2O2S/c1-19(7-8-20-5-3-2-4-6-20)17-23(27)25-22-11-9-21(10-12-22)18-24(28)26-13-15-29-16-14-26/h2-6,9-12,19H,7-8,13-18H2,1H3,(H,25,27). The fourth-order valence-corrected chi connectivity index (χ4v) is 4.40. The smallest absolute Gasteiger partial charge is 0.227 e. The van der Waals surface area contributed by atoms with Crippen LogP contribution in [0, 0.1) is 5.92 Å². The normalized spacial score (nSPS) is 15.0. The van der Waals surface area contributed by atoms with Crippen molar-refractivity contribution in [1.82, 2.24) is 4.90 Å². The zero-order valence-corrected chi connectivity index (χ0v) is 17.9. The van der Waals surface area contributed by atoms with E-state index in [1.165, 1.54) is 5.56 Å². The molecule has 0 saturated carbocycles. The first-order chi connectivity index (χ1) is 14.1. The van der Waals surface area contributed by atoms with Crippen molar-refractivity contribution >= 4 is 29.3 Å². The Morgan fingerprint density at radius 3 is 2.38 bits per heavy atom. The largest absolute Gasteiger partial charge is 0.341 e. The summed E-state index contributed by atoms with van der Waals surface area (Å²) in [4.78, 5) is 26.6. The molecule has 1 aliphatic rings. The molecule has 154 valence electrons. The third kappa shape index (κ3) is 7.24. The maximum absolute atomic E-state index is 12.4. The summed E-state index contributed by atoms with van der Waals surface area (Å²) in [6, 6.07) is 18.0. The molecule has 2 amide bonds. The van der Waals surface area contributed by atoms with Crippen LogP contribution in [0.4, 0.5) is 5.69 Å². The first-order valence-corrected chi connectivity index (χ1v) is 11.5. The fraction of sp³-hybridized carbons (Fsp3) is 0.417. The maximum Gasteiger partial charge on any atom is 0.227 e. The van der Waals surface area contributed by atoms with Gasteiger partial charge in [0.2, 0.25) is 11.8 Å². The molecule has 1 unspecified atom stereocenters. The van der Waals surface area contributed by atoms with E-state index < -0.39 is 0 Å². The van der Waals surface area contributed by atoms with Crippen molar-refractivity contribution in [2.24, 2.45) is 5.92 Å². The summed E-state index contributed by atoms with van der Waals surface area (Å²) in [5, 5.41) is 2.98. The van der Waals surface area contributed by atoms with Gasteiger partial charge in [0.05, 0.1) is 6.42 Å². The Kier molecular flexibility index (Phi) is 8.17. The molecule has 0 aromatic heterocycles. The lowest BCUT2D eigenvalue weighted by molar-refractivity contribution is -0.130. The zero-order valence-electron chi connectivity index (χ0n) is 17.1. The van der Waals surface area contributed by atoms with Crippen molar-refractivity contribution in [3.8, 4) is 0 Å². The van der Waals surface area contributed by atoms with Crippen LogP contribution in [0.1, 0.15) is 30.9 Å². The van der Waals surface area contributed by atoms with Crippen molar-refractivity contribution in [3.05, 3.63) is 65.7 Å². The highest BCUT2D eigenvalue weighted by Crippen LogP contribution is 2.16. The number of hydrogen-bond acceptors (Lipinski definition) is 3. The number of carbonyl (C=O) groups is 2. The number of thioether (sulfide) groups is 1. The van der Waals surface area contributed by atoms with Gasteiger partial charge in [-0.2, -0.15) is 11.8 Å². The maximum atomic E-state index is 12.4. The van der Waals surface area contributed by atoms with E-state index in [-0.39, 0.29) is 11.8 Å². The van der Waals surface area contributed by atoms with Crippen LogP contribution in [0.5, 0.6) is 0 Å². The van der Waals surface area contributed by atoms with Gasteiger partial charge in [-0.1, -0.05) is 49.4 Å². The molecule has 1 atom stereocenters. The summed E-state index contributed by atoms with van der Waals surface area (Å²) >= 11 is 1.90. The highest BCUT2D eigenvalue weighted by Gasteiger charge is 2.17. The molecule has 0 spiro atoms. The van der Waals surface area contributed by atoms with Crippen molar-refractivity contribution in [2.75, 3.05) is 29.9 Å². The van der Waals surface area contributed by atoms with Gasteiger partial charge in [0.1, 0.15) is 0 Å². The summed E-state index contributed by atoms with van der Waals surface area (Å²) in [5.74, 6) is 2.62. The topological polar surface area (TPSA) is 49.4 Å². The number of aryl methyl sites for hydroxylation is 1. The predicted molar refractivity (Wildman–Crippen MR) is 121 cm³/mol. The molecular weight excluding hydrogens is 380 g/mol. The summed E-state index contributed by atoms with van der Waals surface area (Å²) in [6.45, 7) is 3.82. The van der Waals surface area contributed by atoms with Crippen molar-refractivity contribution < 1.29 is 9.59 Å². The Balaban J connectivity index is 1.41.